The largest absolute Gasteiger partial charge is 0.451 e. The Morgan fingerprint density at radius 3 is 2.45 bits per heavy atom. The fourth-order valence-corrected chi connectivity index (χ4v) is 2.42. The van der Waals surface area contributed by atoms with E-state index in [0.717, 1.165) is 10.6 Å². The van der Waals surface area contributed by atoms with E-state index in [2.05, 4.69) is 28.8 Å². The second kappa shape index (κ2) is 6.80. The molecule has 0 unspecified atom stereocenters. The second-order valence-electron chi connectivity index (χ2n) is 5.20. The van der Waals surface area contributed by atoms with Crippen LogP contribution in [0.2, 0.25) is 0 Å². The second-order valence-corrected chi connectivity index (χ2v) is 6.53. The van der Waals surface area contributed by atoms with Gasteiger partial charge in [-0.05, 0) is 32.0 Å². The SMILES string of the molecule is CC(C)c1cnc(SN(C)C)cc1Oc1cnc(N)nc1N. The average molecular weight is 320 g/mol. The topological polar surface area (TPSA) is 103 Å². The van der Waals surface area contributed by atoms with Crippen LogP contribution in [0.3, 0.4) is 0 Å². The third-order valence-electron chi connectivity index (χ3n) is 2.79. The maximum atomic E-state index is 5.90. The maximum Gasteiger partial charge on any atom is 0.222 e. The van der Waals surface area contributed by atoms with Gasteiger partial charge in [-0.2, -0.15) is 4.98 Å². The van der Waals surface area contributed by atoms with Gasteiger partial charge in [0.05, 0.1) is 6.20 Å². The van der Waals surface area contributed by atoms with Crippen molar-refractivity contribution in [2.45, 2.75) is 24.8 Å². The quantitative estimate of drug-likeness (QED) is 0.810. The molecule has 0 radical (unpaired) electrons. The molecule has 0 spiro atoms. The molecule has 2 aromatic heterocycles. The lowest BCUT2D eigenvalue weighted by molar-refractivity contribution is 0.468. The molecule has 0 fully saturated rings. The first kappa shape index (κ1) is 16.3. The van der Waals surface area contributed by atoms with E-state index < -0.39 is 0 Å². The Labute approximate surface area is 134 Å². The van der Waals surface area contributed by atoms with Crippen molar-refractivity contribution in [3.63, 3.8) is 0 Å². The molecule has 4 N–H and O–H groups in total. The standard InChI is InChI=1S/C14H20N6OS/c1-8(2)9-6-17-12(22-20(3)4)5-10(9)21-11-7-18-14(16)19-13(11)15/h5-8H,1-4H3,(H4,15,16,18,19). The lowest BCUT2D eigenvalue weighted by atomic mass is 10.1. The predicted molar refractivity (Wildman–Crippen MR) is 88.8 cm³/mol. The van der Waals surface area contributed by atoms with Crippen LogP contribution in [0.4, 0.5) is 11.8 Å². The molecule has 0 saturated carbocycles. The minimum atomic E-state index is 0.118. The van der Waals surface area contributed by atoms with Crippen molar-refractivity contribution in [1.82, 2.24) is 19.3 Å². The van der Waals surface area contributed by atoms with Crippen LogP contribution in [-0.4, -0.2) is 33.4 Å². The Hall–Kier alpha value is -2.06. The van der Waals surface area contributed by atoms with Crippen LogP contribution in [-0.2, 0) is 0 Å². The molecule has 2 rings (SSSR count). The fourth-order valence-electron chi connectivity index (χ4n) is 1.78. The lowest BCUT2D eigenvalue weighted by Crippen LogP contribution is -2.04. The highest BCUT2D eigenvalue weighted by atomic mass is 32.2. The summed E-state index contributed by atoms with van der Waals surface area (Å²) < 4.78 is 7.86. The molecule has 0 aliphatic rings. The smallest absolute Gasteiger partial charge is 0.222 e. The summed E-state index contributed by atoms with van der Waals surface area (Å²) in [4.78, 5) is 12.3. The minimum Gasteiger partial charge on any atom is -0.451 e. The number of ether oxygens (including phenoxy) is 1. The Balaban J connectivity index is 2.37. The first-order chi connectivity index (χ1) is 10.4. The van der Waals surface area contributed by atoms with Crippen LogP contribution < -0.4 is 16.2 Å². The van der Waals surface area contributed by atoms with Crippen molar-refractivity contribution in [3.05, 3.63) is 24.0 Å². The predicted octanol–water partition coefficient (Wildman–Crippen LogP) is 2.52. The van der Waals surface area contributed by atoms with Gasteiger partial charge in [0, 0.05) is 17.8 Å². The molecule has 0 bridgehead atoms. The third kappa shape index (κ3) is 3.99. The number of pyridine rings is 1. The number of hydrogen-bond acceptors (Lipinski definition) is 8. The molecular weight excluding hydrogens is 300 g/mol. The van der Waals surface area contributed by atoms with Crippen molar-refractivity contribution >= 4 is 23.7 Å². The summed E-state index contributed by atoms with van der Waals surface area (Å²) in [6.45, 7) is 4.15. The van der Waals surface area contributed by atoms with Crippen LogP contribution in [0, 0.1) is 0 Å². The normalized spacial score (nSPS) is 11.2. The van der Waals surface area contributed by atoms with Gasteiger partial charge in [-0.15, -0.1) is 0 Å². The molecule has 0 saturated heterocycles. The van der Waals surface area contributed by atoms with Gasteiger partial charge in [-0.25, -0.2) is 9.97 Å². The number of anilines is 2. The monoisotopic (exact) mass is 320 g/mol. The molecule has 8 heteroatoms. The summed E-state index contributed by atoms with van der Waals surface area (Å²) in [5, 5.41) is 0.833. The highest BCUT2D eigenvalue weighted by Crippen LogP contribution is 2.34. The van der Waals surface area contributed by atoms with Crippen molar-refractivity contribution in [1.29, 1.82) is 0 Å². The highest BCUT2D eigenvalue weighted by molar-refractivity contribution is 7.96. The Morgan fingerprint density at radius 1 is 1.14 bits per heavy atom. The van der Waals surface area contributed by atoms with Gasteiger partial charge in [-0.1, -0.05) is 13.8 Å². The molecule has 0 atom stereocenters. The van der Waals surface area contributed by atoms with E-state index in [1.54, 1.807) is 0 Å². The molecule has 0 aliphatic heterocycles. The fraction of sp³-hybridized carbons (Fsp3) is 0.357. The average Bonchev–Trinajstić information content (AvgIpc) is 2.41. The van der Waals surface area contributed by atoms with Crippen molar-refractivity contribution in [2.75, 3.05) is 25.6 Å². The Bertz CT molecular complexity index is 662. The van der Waals surface area contributed by atoms with Gasteiger partial charge in [0.1, 0.15) is 10.8 Å². The van der Waals surface area contributed by atoms with Crippen LogP contribution in [0.25, 0.3) is 0 Å². The summed E-state index contributed by atoms with van der Waals surface area (Å²) in [7, 11) is 3.91. The minimum absolute atomic E-state index is 0.118. The van der Waals surface area contributed by atoms with Gasteiger partial charge in [-0.3, -0.25) is 4.31 Å². The van der Waals surface area contributed by atoms with Crippen LogP contribution >= 0.6 is 11.9 Å². The molecule has 0 aromatic carbocycles. The van der Waals surface area contributed by atoms with Gasteiger partial charge in [0.25, 0.3) is 0 Å². The van der Waals surface area contributed by atoms with Crippen molar-refractivity contribution in [2.24, 2.45) is 0 Å². The molecule has 7 nitrogen and oxygen atoms in total. The molecular formula is C14H20N6OS. The summed E-state index contributed by atoms with van der Waals surface area (Å²) >= 11 is 1.51. The third-order valence-corrected chi connectivity index (χ3v) is 3.56. The number of nitrogens with two attached hydrogens (primary N) is 2. The molecule has 2 heterocycles. The zero-order chi connectivity index (χ0) is 16.3. The number of nitrogens with zero attached hydrogens (tertiary/aromatic N) is 4. The van der Waals surface area contributed by atoms with E-state index in [1.807, 2.05) is 30.7 Å². The summed E-state index contributed by atoms with van der Waals surface area (Å²) in [5.74, 6) is 1.66. The number of aromatic nitrogens is 3. The van der Waals surface area contributed by atoms with E-state index in [1.165, 1.54) is 18.1 Å². The van der Waals surface area contributed by atoms with Crippen LogP contribution in [0.5, 0.6) is 11.5 Å². The van der Waals surface area contributed by atoms with Gasteiger partial charge in [0.15, 0.2) is 11.6 Å². The Kier molecular flexibility index (Phi) is 5.04. The Morgan fingerprint density at radius 2 is 1.86 bits per heavy atom. The first-order valence-electron chi connectivity index (χ1n) is 6.78. The van der Waals surface area contributed by atoms with Crippen molar-refractivity contribution < 1.29 is 4.74 Å². The van der Waals surface area contributed by atoms with E-state index in [0.29, 0.717) is 11.5 Å². The molecule has 22 heavy (non-hydrogen) atoms. The lowest BCUT2D eigenvalue weighted by Gasteiger charge is -2.16. The molecule has 0 aliphatic carbocycles. The van der Waals surface area contributed by atoms with Crippen LogP contribution in [0.1, 0.15) is 25.3 Å². The van der Waals surface area contributed by atoms with Gasteiger partial charge >= 0.3 is 0 Å². The van der Waals surface area contributed by atoms with E-state index in [4.69, 9.17) is 16.2 Å². The summed E-state index contributed by atoms with van der Waals surface area (Å²) in [6, 6.07) is 1.88. The number of nitrogen functional groups attached to an aromatic ring is 2. The first-order valence-corrected chi connectivity index (χ1v) is 7.55. The zero-order valence-electron chi connectivity index (χ0n) is 13.1. The van der Waals surface area contributed by atoms with Crippen molar-refractivity contribution in [3.8, 4) is 11.5 Å². The molecule has 118 valence electrons. The molecule has 2 aromatic rings. The van der Waals surface area contributed by atoms with Crippen LogP contribution in [0.15, 0.2) is 23.5 Å². The van der Waals surface area contributed by atoms with E-state index >= 15 is 0 Å². The zero-order valence-corrected chi connectivity index (χ0v) is 13.9. The van der Waals surface area contributed by atoms with E-state index in [9.17, 15) is 0 Å². The van der Waals surface area contributed by atoms with Gasteiger partial charge < -0.3 is 16.2 Å². The van der Waals surface area contributed by atoms with Gasteiger partial charge in [0.2, 0.25) is 5.95 Å². The highest BCUT2D eigenvalue weighted by Gasteiger charge is 2.14. The number of rotatable bonds is 5. The summed E-state index contributed by atoms with van der Waals surface area (Å²) in [6.07, 6.45) is 3.29. The van der Waals surface area contributed by atoms with E-state index in [-0.39, 0.29) is 17.7 Å². The maximum absolute atomic E-state index is 5.90. The molecule has 0 amide bonds. The summed E-state index contributed by atoms with van der Waals surface area (Å²) in [5.41, 5.74) is 12.3. The number of hydrogen-bond donors (Lipinski definition) is 2.